The van der Waals surface area contributed by atoms with Crippen molar-refractivity contribution < 1.29 is 31.4 Å². The highest BCUT2D eigenvalue weighted by Crippen LogP contribution is 2.42. The monoisotopic (exact) mass is 268 g/mol. The van der Waals surface area contributed by atoms with Gasteiger partial charge < -0.3 is 15.3 Å². The van der Waals surface area contributed by atoms with Crippen LogP contribution in [0.3, 0.4) is 0 Å². The highest BCUT2D eigenvalue weighted by atomic mass is 19.4. The number of nitrogens with one attached hydrogen (secondary N) is 1. The van der Waals surface area contributed by atoms with Crippen molar-refractivity contribution in [3.63, 3.8) is 0 Å². The molecule has 0 aliphatic rings. The van der Waals surface area contributed by atoms with E-state index in [0.29, 0.717) is 0 Å². The number of aliphatic hydroxyl groups is 1. The summed E-state index contributed by atoms with van der Waals surface area (Å²) >= 11 is 0. The number of halogens is 6. The van der Waals surface area contributed by atoms with Gasteiger partial charge in [-0.15, -0.1) is 0 Å². The molecule has 2 N–H and O–H groups in total. The zero-order valence-electron chi connectivity index (χ0n) is 9.28. The fraction of sp³-hybridized carbons (Fsp3) is 1.00. The molecule has 0 amide bonds. The summed E-state index contributed by atoms with van der Waals surface area (Å²) < 4.78 is 73.0. The molecule has 0 bridgehead atoms. The molecule has 0 spiro atoms. The summed E-state index contributed by atoms with van der Waals surface area (Å²) in [6, 6.07) is 0. The van der Waals surface area contributed by atoms with E-state index in [2.05, 4.69) is 0 Å². The Morgan fingerprint density at radius 2 is 1.41 bits per heavy atom. The maximum Gasteiger partial charge on any atom is 0.427 e. The molecule has 0 fully saturated rings. The summed E-state index contributed by atoms with van der Waals surface area (Å²) in [5.74, 6) is 0. The topological polar surface area (TPSA) is 35.5 Å². The number of likely N-dealkylation sites (N-methyl/N-ethyl adjacent to an activating group) is 1. The highest BCUT2D eigenvalue weighted by Gasteiger charge is 2.70. The fourth-order valence-electron chi connectivity index (χ4n) is 0.933. The van der Waals surface area contributed by atoms with Crippen molar-refractivity contribution in [3.8, 4) is 0 Å². The molecule has 0 saturated carbocycles. The van der Waals surface area contributed by atoms with Crippen LogP contribution in [0.2, 0.25) is 0 Å². The van der Waals surface area contributed by atoms with Crippen LogP contribution in [0.15, 0.2) is 0 Å². The van der Waals surface area contributed by atoms with Crippen molar-refractivity contribution in [2.75, 3.05) is 33.7 Å². The van der Waals surface area contributed by atoms with E-state index in [-0.39, 0.29) is 13.1 Å². The molecule has 0 aromatic rings. The van der Waals surface area contributed by atoms with Gasteiger partial charge in [0, 0.05) is 19.6 Å². The summed E-state index contributed by atoms with van der Waals surface area (Å²) in [6.45, 7) is -1.46. The normalized spacial score (nSPS) is 14.5. The molecule has 0 atom stereocenters. The Balaban J connectivity index is 4.54. The summed E-state index contributed by atoms with van der Waals surface area (Å²) in [5.41, 5.74) is -4.72. The zero-order valence-corrected chi connectivity index (χ0v) is 9.28. The van der Waals surface area contributed by atoms with Crippen LogP contribution in [0.5, 0.6) is 0 Å². The molecule has 104 valence electrons. The molecule has 3 nitrogen and oxygen atoms in total. The minimum atomic E-state index is -5.77. The van der Waals surface area contributed by atoms with E-state index in [1.165, 1.54) is 0 Å². The van der Waals surface area contributed by atoms with Crippen molar-refractivity contribution in [2.24, 2.45) is 0 Å². The molecule has 0 saturated heterocycles. The number of nitrogens with zero attached hydrogens (tertiary/aromatic N) is 1. The lowest BCUT2D eigenvalue weighted by Gasteiger charge is -2.32. The molecular formula is C8H14F6N2O. The first kappa shape index (κ1) is 16.5. The molecule has 0 aliphatic heterocycles. The van der Waals surface area contributed by atoms with Gasteiger partial charge in [-0.05, 0) is 14.1 Å². The largest absolute Gasteiger partial charge is 0.427 e. The number of alkyl halides is 6. The molecule has 9 heteroatoms. The maximum atomic E-state index is 12.2. The fourth-order valence-corrected chi connectivity index (χ4v) is 0.933. The Bertz CT molecular complexity index is 223. The molecule has 17 heavy (non-hydrogen) atoms. The molecule has 0 aliphatic carbocycles. The van der Waals surface area contributed by atoms with Crippen LogP contribution in [0.25, 0.3) is 0 Å². The second-order valence-corrected chi connectivity index (χ2v) is 3.84. The van der Waals surface area contributed by atoms with E-state index in [4.69, 9.17) is 5.11 Å². The predicted molar refractivity (Wildman–Crippen MR) is 48.5 cm³/mol. The Labute approximate surface area is 94.4 Å². The Kier molecular flexibility index (Phi) is 5.23. The lowest BCUT2D eigenvalue weighted by molar-refractivity contribution is -0.365. The van der Waals surface area contributed by atoms with Gasteiger partial charge in [0.1, 0.15) is 0 Å². The van der Waals surface area contributed by atoms with Gasteiger partial charge in [0.2, 0.25) is 0 Å². The average molecular weight is 268 g/mol. The Morgan fingerprint density at radius 1 is 1.00 bits per heavy atom. The number of hydrogen-bond donors (Lipinski definition) is 2. The third-order valence-corrected chi connectivity index (χ3v) is 2.05. The molecular weight excluding hydrogens is 254 g/mol. The molecule has 0 aromatic heterocycles. The van der Waals surface area contributed by atoms with Crippen LogP contribution in [0, 0.1) is 0 Å². The van der Waals surface area contributed by atoms with Crippen LogP contribution in [0.4, 0.5) is 26.3 Å². The van der Waals surface area contributed by atoms with E-state index >= 15 is 0 Å². The van der Waals surface area contributed by atoms with Crippen molar-refractivity contribution >= 4 is 0 Å². The van der Waals surface area contributed by atoms with Crippen LogP contribution < -0.4 is 5.32 Å². The van der Waals surface area contributed by atoms with Crippen LogP contribution >= 0.6 is 0 Å². The number of hydrogen-bond acceptors (Lipinski definition) is 3. The quantitative estimate of drug-likeness (QED) is 0.576. The van der Waals surface area contributed by atoms with Crippen LogP contribution in [-0.4, -0.2) is 61.7 Å². The van der Waals surface area contributed by atoms with E-state index < -0.39 is 24.5 Å². The third-order valence-electron chi connectivity index (χ3n) is 2.05. The minimum Gasteiger partial charge on any atom is -0.373 e. The van der Waals surface area contributed by atoms with Gasteiger partial charge in [0.05, 0.1) is 0 Å². The summed E-state index contributed by atoms with van der Waals surface area (Å²) in [4.78, 5) is 1.58. The molecule has 0 unspecified atom stereocenters. The van der Waals surface area contributed by atoms with Crippen molar-refractivity contribution in [2.45, 2.75) is 18.0 Å². The number of rotatable bonds is 5. The molecule has 0 heterocycles. The molecule has 0 rings (SSSR count). The van der Waals surface area contributed by atoms with Gasteiger partial charge in [-0.1, -0.05) is 0 Å². The molecule has 0 aromatic carbocycles. The summed E-state index contributed by atoms with van der Waals surface area (Å²) in [5, 5.41) is 10.7. The second-order valence-electron chi connectivity index (χ2n) is 3.84. The van der Waals surface area contributed by atoms with E-state index in [1.807, 2.05) is 5.32 Å². The first-order valence-corrected chi connectivity index (χ1v) is 4.63. The highest BCUT2D eigenvalue weighted by molar-refractivity contribution is 4.95. The third kappa shape index (κ3) is 4.32. The maximum absolute atomic E-state index is 12.2. The smallest absolute Gasteiger partial charge is 0.373 e. The summed E-state index contributed by atoms with van der Waals surface area (Å²) in [7, 11) is 3.22. The van der Waals surface area contributed by atoms with E-state index in [1.54, 1.807) is 19.0 Å². The first-order chi connectivity index (χ1) is 7.42. The SMILES string of the molecule is CN(C)CCNCC(O)(C(F)(F)F)C(F)(F)F. The van der Waals surface area contributed by atoms with Gasteiger partial charge in [-0.2, -0.15) is 26.3 Å². The van der Waals surface area contributed by atoms with Crippen molar-refractivity contribution in [1.82, 2.24) is 10.2 Å². The average Bonchev–Trinajstić information content (AvgIpc) is 2.07. The second kappa shape index (κ2) is 5.40. The van der Waals surface area contributed by atoms with Gasteiger partial charge in [0.25, 0.3) is 5.60 Å². The van der Waals surface area contributed by atoms with Gasteiger partial charge in [-0.25, -0.2) is 0 Å². The van der Waals surface area contributed by atoms with E-state index in [0.717, 1.165) is 0 Å². The van der Waals surface area contributed by atoms with Gasteiger partial charge >= 0.3 is 12.4 Å². The van der Waals surface area contributed by atoms with E-state index in [9.17, 15) is 26.3 Å². The summed E-state index contributed by atoms with van der Waals surface area (Å²) in [6.07, 6.45) is -11.5. The van der Waals surface area contributed by atoms with Crippen LogP contribution in [-0.2, 0) is 0 Å². The lowest BCUT2D eigenvalue weighted by atomic mass is 10.0. The standard InChI is InChI=1S/C8H14F6N2O/c1-16(2)4-3-15-5-6(17,7(9,10)11)8(12,13)14/h15,17H,3-5H2,1-2H3. The Morgan fingerprint density at radius 3 is 1.71 bits per heavy atom. The minimum absolute atomic E-state index is 0.0958. The lowest BCUT2D eigenvalue weighted by Crippen LogP contribution is -2.62. The molecule has 0 radical (unpaired) electrons. The van der Waals surface area contributed by atoms with Gasteiger partial charge in [0.15, 0.2) is 0 Å². The van der Waals surface area contributed by atoms with Crippen molar-refractivity contribution in [1.29, 1.82) is 0 Å². The van der Waals surface area contributed by atoms with Gasteiger partial charge in [-0.3, -0.25) is 0 Å². The Hall–Kier alpha value is -0.540. The first-order valence-electron chi connectivity index (χ1n) is 4.63. The zero-order chi connectivity index (χ0) is 13.9. The van der Waals surface area contributed by atoms with Crippen LogP contribution in [0.1, 0.15) is 0 Å². The van der Waals surface area contributed by atoms with Crippen molar-refractivity contribution in [3.05, 3.63) is 0 Å². The predicted octanol–water partition coefficient (Wildman–Crippen LogP) is 0.993.